The van der Waals surface area contributed by atoms with Crippen LogP contribution in [-0.4, -0.2) is 11.2 Å². The van der Waals surface area contributed by atoms with E-state index in [0.717, 1.165) is 17.6 Å². The van der Waals surface area contributed by atoms with Crippen LogP contribution in [0.5, 0.6) is 0 Å². The van der Waals surface area contributed by atoms with E-state index in [-0.39, 0.29) is 4.83 Å². The Bertz CT molecular complexity index is 757. The molecule has 1 atom stereocenters. The largest absolute Gasteiger partial charge is 0.253 e. The number of nitrogens with zero attached hydrogens (tertiary/aromatic N) is 1. The molecule has 3 rings (SSSR count). The van der Waals surface area contributed by atoms with Crippen molar-refractivity contribution in [2.75, 3.05) is 6.26 Å². The van der Waals surface area contributed by atoms with E-state index in [1.165, 1.54) is 15.8 Å². The maximum absolute atomic E-state index is 4.76. The normalized spacial score (nSPS) is 12.5. The van der Waals surface area contributed by atoms with Crippen molar-refractivity contribution in [1.82, 2.24) is 4.98 Å². The molecule has 0 saturated carbocycles. The lowest BCUT2D eigenvalue weighted by Gasteiger charge is -2.13. The number of para-hydroxylation sites is 1. The van der Waals surface area contributed by atoms with Gasteiger partial charge in [0.15, 0.2) is 0 Å². The Balaban J connectivity index is 1.87. The monoisotopic (exact) mass is 357 g/mol. The van der Waals surface area contributed by atoms with E-state index < -0.39 is 0 Å². The molecule has 1 nitrogen and oxygen atoms in total. The molecule has 0 bridgehead atoms. The Morgan fingerprint density at radius 1 is 1.00 bits per heavy atom. The average Bonchev–Trinajstić information content (AvgIpc) is 2.54. The summed E-state index contributed by atoms with van der Waals surface area (Å²) in [5.41, 5.74) is 3.51. The zero-order valence-electron chi connectivity index (χ0n) is 11.8. The molecular weight excluding hydrogens is 342 g/mol. The smallest absolute Gasteiger partial charge is 0.0705 e. The number of alkyl halides is 1. The van der Waals surface area contributed by atoms with Gasteiger partial charge in [-0.25, -0.2) is 0 Å². The first-order chi connectivity index (χ1) is 10.3. The zero-order valence-corrected chi connectivity index (χ0v) is 14.2. The van der Waals surface area contributed by atoms with E-state index in [1.54, 1.807) is 11.8 Å². The number of thioether (sulfide) groups is 1. The van der Waals surface area contributed by atoms with Gasteiger partial charge in [0.2, 0.25) is 0 Å². The van der Waals surface area contributed by atoms with Crippen molar-refractivity contribution in [2.45, 2.75) is 16.1 Å². The first-order valence-electron chi connectivity index (χ1n) is 6.89. The molecule has 0 spiro atoms. The van der Waals surface area contributed by atoms with E-state index in [2.05, 4.69) is 70.7 Å². The molecule has 2 aromatic carbocycles. The molecular formula is C18H16BrNS. The molecule has 0 aliphatic carbocycles. The molecule has 3 aromatic rings. The number of aromatic nitrogens is 1. The second kappa shape index (κ2) is 6.63. The SMILES string of the molecule is CSc1ccccc1C(Br)Cc1ccc2ccccc2n1. The quantitative estimate of drug-likeness (QED) is 0.442. The van der Waals surface area contributed by atoms with Crippen molar-refractivity contribution in [3.63, 3.8) is 0 Å². The van der Waals surface area contributed by atoms with Crippen LogP contribution in [0.15, 0.2) is 65.6 Å². The van der Waals surface area contributed by atoms with Crippen LogP contribution in [0.2, 0.25) is 0 Å². The summed E-state index contributed by atoms with van der Waals surface area (Å²) in [5, 5.41) is 1.19. The molecule has 0 aliphatic rings. The van der Waals surface area contributed by atoms with Crippen molar-refractivity contribution in [2.24, 2.45) is 0 Å². The number of fused-ring (bicyclic) bond motifs is 1. The van der Waals surface area contributed by atoms with Gasteiger partial charge in [-0.2, -0.15) is 0 Å². The highest BCUT2D eigenvalue weighted by atomic mass is 79.9. The lowest BCUT2D eigenvalue weighted by Crippen LogP contribution is -1.99. The van der Waals surface area contributed by atoms with Gasteiger partial charge in [0.1, 0.15) is 0 Å². The summed E-state index contributed by atoms with van der Waals surface area (Å²) in [6.45, 7) is 0. The third-order valence-corrected chi connectivity index (χ3v) is 5.15. The van der Waals surface area contributed by atoms with Crippen molar-refractivity contribution >= 4 is 38.6 Å². The highest BCUT2D eigenvalue weighted by Gasteiger charge is 2.13. The second-order valence-electron chi connectivity index (χ2n) is 4.91. The zero-order chi connectivity index (χ0) is 14.7. The summed E-state index contributed by atoms with van der Waals surface area (Å²) in [5.74, 6) is 0. The molecule has 1 unspecified atom stereocenters. The number of rotatable bonds is 4. The van der Waals surface area contributed by atoms with Gasteiger partial charge in [0, 0.05) is 27.2 Å². The minimum absolute atomic E-state index is 0.287. The van der Waals surface area contributed by atoms with Gasteiger partial charge in [-0.15, -0.1) is 11.8 Å². The van der Waals surface area contributed by atoms with E-state index in [1.807, 2.05) is 12.1 Å². The third kappa shape index (κ3) is 3.30. The molecule has 0 N–H and O–H groups in total. The fourth-order valence-corrected chi connectivity index (χ4v) is 3.98. The lowest BCUT2D eigenvalue weighted by molar-refractivity contribution is 0.894. The molecule has 0 radical (unpaired) electrons. The van der Waals surface area contributed by atoms with Crippen LogP contribution < -0.4 is 0 Å². The number of hydrogen-bond donors (Lipinski definition) is 0. The van der Waals surface area contributed by atoms with Crippen molar-refractivity contribution in [1.29, 1.82) is 0 Å². The Hall–Kier alpha value is -1.32. The van der Waals surface area contributed by atoms with Crippen LogP contribution in [0, 0.1) is 0 Å². The molecule has 21 heavy (non-hydrogen) atoms. The highest BCUT2D eigenvalue weighted by Crippen LogP contribution is 2.33. The summed E-state index contributed by atoms with van der Waals surface area (Å²) < 4.78 is 0. The molecule has 0 fully saturated rings. The molecule has 0 saturated heterocycles. The van der Waals surface area contributed by atoms with E-state index in [4.69, 9.17) is 4.98 Å². The molecule has 106 valence electrons. The van der Waals surface area contributed by atoms with Crippen LogP contribution >= 0.6 is 27.7 Å². The third-order valence-electron chi connectivity index (χ3n) is 3.52. The minimum Gasteiger partial charge on any atom is -0.253 e. The molecule has 3 heteroatoms. The summed E-state index contributed by atoms with van der Waals surface area (Å²) in [6, 6.07) is 21.1. The predicted octanol–water partition coefficient (Wildman–Crippen LogP) is 5.64. The van der Waals surface area contributed by atoms with Crippen LogP contribution in [0.25, 0.3) is 10.9 Å². The number of pyridine rings is 1. The fraction of sp³-hybridized carbons (Fsp3) is 0.167. The Morgan fingerprint density at radius 3 is 2.62 bits per heavy atom. The summed E-state index contributed by atoms with van der Waals surface area (Å²) in [4.78, 5) is 6.37. The Morgan fingerprint density at radius 2 is 1.76 bits per heavy atom. The first kappa shape index (κ1) is 14.6. The van der Waals surface area contributed by atoms with Crippen LogP contribution in [-0.2, 0) is 6.42 Å². The van der Waals surface area contributed by atoms with Gasteiger partial charge >= 0.3 is 0 Å². The maximum atomic E-state index is 4.76. The van der Waals surface area contributed by atoms with Gasteiger partial charge in [-0.05, 0) is 30.0 Å². The van der Waals surface area contributed by atoms with Crippen molar-refractivity contribution in [3.05, 3.63) is 71.9 Å². The standard InChI is InChI=1S/C18H16BrNS/c1-21-18-9-5-3-7-15(18)16(19)12-14-11-10-13-6-2-4-8-17(13)20-14/h2-11,16H,12H2,1H3. The fourth-order valence-electron chi connectivity index (χ4n) is 2.44. The average molecular weight is 358 g/mol. The van der Waals surface area contributed by atoms with Gasteiger partial charge in [0.25, 0.3) is 0 Å². The maximum Gasteiger partial charge on any atom is 0.0705 e. The molecule has 0 aliphatic heterocycles. The molecule has 1 heterocycles. The first-order valence-corrected chi connectivity index (χ1v) is 9.03. The Labute approximate surface area is 137 Å². The topological polar surface area (TPSA) is 12.9 Å². The van der Waals surface area contributed by atoms with Gasteiger partial charge in [-0.1, -0.05) is 58.4 Å². The van der Waals surface area contributed by atoms with Crippen molar-refractivity contribution in [3.8, 4) is 0 Å². The van der Waals surface area contributed by atoms with E-state index >= 15 is 0 Å². The van der Waals surface area contributed by atoms with Crippen LogP contribution in [0.4, 0.5) is 0 Å². The number of benzene rings is 2. The van der Waals surface area contributed by atoms with Crippen LogP contribution in [0.3, 0.4) is 0 Å². The number of hydrogen-bond acceptors (Lipinski definition) is 2. The van der Waals surface area contributed by atoms with Gasteiger partial charge in [-0.3, -0.25) is 4.98 Å². The summed E-state index contributed by atoms with van der Waals surface area (Å²) in [6.07, 6.45) is 3.01. The van der Waals surface area contributed by atoms with E-state index in [0.29, 0.717) is 0 Å². The van der Waals surface area contributed by atoms with Gasteiger partial charge in [0.05, 0.1) is 5.52 Å². The van der Waals surface area contributed by atoms with E-state index in [9.17, 15) is 0 Å². The van der Waals surface area contributed by atoms with Crippen molar-refractivity contribution < 1.29 is 0 Å². The predicted molar refractivity (Wildman–Crippen MR) is 95.3 cm³/mol. The summed E-state index contributed by atoms with van der Waals surface area (Å²) >= 11 is 5.61. The molecule has 0 amide bonds. The van der Waals surface area contributed by atoms with Gasteiger partial charge < -0.3 is 0 Å². The summed E-state index contributed by atoms with van der Waals surface area (Å²) in [7, 11) is 0. The highest BCUT2D eigenvalue weighted by molar-refractivity contribution is 9.09. The minimum atomic E-state index is 0.287. The van der Waals surface area contributed by atoms with Crippen LogP contribution in [0.1, 0.15) is 16.1 Å². The second-order valence-corrected chi connectivity index (χ2v) is 6.86. The Kier molecular flexibility index (Phi) is 4.61. The number of halogens is 1. The molecule has 1 aromatic heterocycles. The lowest BCUT2D eigenvalue weighted by atomic mass is 10.1.